The lowest BCUT2D eigenvalue weighted by Gasteiger charge is -2.10. The molecule has 0 aromatic heterocycles. The molecule has 1 fully saturated rings. The minimum absolute atomic E-state index is 0.0819. The summed E-state index contributed by atoms with van der Waals surface area (Å²) in [4.78, 5) is 12.4. The second kappa shape index (κ2) is 3.69. The first-order valence-electron chi connectivity index (χ1n) is 3.82. The van der Waals surface area contributed by atoms with Crippen molar-refractivity contribution in [1.29, 1.82) is 0 Å². The summed E-state index contributed by atoms with van der Waals surface area (Å²) in [6.07, 6.45) is 1.06. The molecule has 1 saturated heterocycles. The number of hydrogen-bond acceptors (Lipinski definition) is 3. The zero-order valence-corrected chi connectivity index (χ0v) is 6.71. The van der Waals surface area contributed by atoms with Crippen molar-refractivity contribution in [2.75, 3.05) is 26.7 Å². The molecule has 1 aliphatic heterocycles. The summed E-state index contributed by atoms with van der Waals surface area (Å²) in [6, 6.07) is 0.371. The SMILES string of the molecule is CN1CC[C@H](NCC(=O)O)C1. The van der Waals surface area contributed by atoms with Crippen molar-refractivity contribution < 1.29 is 9.90 Å². The van der Waals surface area contributed by atoms with E-state index in [0.29, 0.717) is 6.04 Å². The molecule has 1 aliphatic rings. The van der Waals surface area contributed by atoms with Crippen LogP contribution in [0.2, 0.25) is 0 Å². The molecule has 0 aliphatic carbocycles. The van der Waals surface area contributed by atoms with Gasteiger partial charge in [0, 0.05) is 12.6 Å². The number of rotatable bonds is 3. The van der Waals surface area contributed by atoms with Gasteiger partial charge in [-0.3, -0.25) is 4.79 Å². The van der Waals surface area contributed by atoms with Gasteiger partial charge >= 0.3 is 5.97 Å². The van der Waals surface area contributed by atoms with Gasteiger partial charge in [0.1, 0.15) is 0 Å². The van der Waals surface area contributed by atoms with Crippen molar-refractivity contribution in [3.05, 3.63) is 0 Å². The average molecular weight is 158 g/mol. The van der Waals surface area contributed by atoms with Crippen LogP contribution in [0.4, 0.5) is 0 Å². The summed E-state index contributed by atoms with van der Waals surface area (Å²) >= 11 is 0. The summed E-state index contributed by atoms with van der Waals surface area (Å²) in [5.74, 6) is -0.778. The third kappa shape index (κ3) is 2.86. The van der Waals surface area contributed by atoms with Crippen molar-refractivity contribution in [1.82, 2.24) is 10.2 Å². The number of carboxylic acid groups (broad SMARTS) is 1. The van der Waals surface area contributed by atoms with Gasteiger partial charge in [-0.25, -0.2) is 0 Å². The Labute approximate surface area is 66.2 Å². The van der Waals surface area contributed by atoms with E-state index in [0.717, 1.165) is 19.5 Å². The second-order valence-electron chi connectivity index (χ2n) is 3.02. The Hall–Kier alpha value is -0.610. The number of carbonyl (C=O) groups is 1. The average Bonchev–Trinajstić information content (AvgIpc) is 2.31. The van der Waals surface area contributed by atoms with Crippen LogP contribution in [-0.4, -0.2) is 48.7 Å². The Bertz CT molecular complexity index is 149. The standard InChI is InChI=1S/C7H14N2O2/c1-9-3-2-6(5-9)8-4-7(10)11/h6,8H,2-5H2,1H3,(H,10,11)/t6-/m0/s1. The Morgan fingerprint density at radius 3 is 3.00 bits per heavy atom. The number of hydrogen-bond donors (Lipinski definition) is 2. The van der Waals surface area contributed by atoms with Crippen LogP contribution in [0.3, 0.4) is 0 Å². The largest absolute Gasteiger partial charge is 0.480 e. The third-order valence-electron chi connectivity index (χ3n) is 1.93. The van der Waals surface area contributed by atoms with E-state index in [9.17, 15) is 4.79 Å². The first kappa shape index (κ1) is 8.49. The van der Waals surface area contributed by atoms with E-state index in [1.54, 1.807) is 0 Å². The molecule has 1 atom stereocenters. The Morgan fingerprint density at radius 2 is 2.55 bits per heavy atom. The molecule has 4 nitrogen and oxygen atoms in total. The summed E-state index contributed by atoms with van der Waals surface area (Å²) < 4.78 is 0. The van der Waals surface area contributed by atoms with Gasteiger partial charge in [0.2, 0.25) is 0 Å². The fraction of sp³-hybridized carbons (Fsp3) is 0.857. The first-order valence-corrected chi connectivity index (χ1v) is 3.82. The zero-order valence-electron chi connectivity index (χ0n) is 6.71. The van der Waals surface area contributed by atoms with Gasteiger partial charge in [0.25, 0.3) is 0 Å². The predicted molar refractivity (Wildman–Crippen MR) is 41.5 cm³/mol. The van der Waals surface area contributed by atoms with E-state index in [4.69, 9.17) is 5.11 Å². The lowest BCUT2D eigenvalue weighted by molar-refractivity contribution is -0.136. The maximum Gasteiger partial charge on any atom is 0.317 e. The van der Waals surface area contributed by atoms with Crippen LogP contribution >= 0.6 is 0 Å². The normalized spacial score (nSPS) is 25.7. The maximum atomic E-state index is 10.2. The highest BCUT2D eigenvalue weighted by Crippen LogP contribution is 2.04. The quantitative estimate of drug-likeness (QED) is 0.574. The number of likely N-dealkylation sites (tertiary alicyclic amines) is 1. The molecule has 1 rings (SSSR count). The molecule has 0 aromatic rings. The molecule has 0 unspecified atom stereocenters. The summed E-state index contributed by atoms with van der Waals surface area (Å²) in [6.45, 7) is 2.11. The van der Waals surface area contributed by atoms with Crippen molar-refractivity contribution in [3.8, 4) is 0 Å². The molecule has 0 amide bonds. The number of carboxylic acids is 1. The van der Waals surface area contributed by atoms with Crippen LogP contribution in [0.25, 0.3) is 0 Å². The summed E-state index contributed by atoms with van der Waals surface area (Å²) in [5.41, 5.74) is 0. The van der Waals surface area contributed by atoms with Gasteiger partial charge in [0.15, 0.2) is 0 Å². The van der Waals surface area contributed by atoms with E-state index >= 15 is 0 Å². The monoisotopic (exact) mass is 158 g/mol. The summed E-state index contributed by atoms with van der Waals surface area (Å²) in [5, 5.41) is 11.3. The first-order chi connectivity index (χ1) is 5.18. The van der Waals surface area contributed by atoms with Crippen LogP contribution in [0.15, 0.2) is 0 Å². The van der Waals surface area contributed by atoms with Crippen molar-refractivity contribution in [2.45, 2.75) is 12.5 Å². The van der Waals surface area contributed by atoms with Gasteiger partial charge in [-0.2, -0.15) is 0 Å². The smallest absolute Gasteiger partial charge is 0.317 e. The molecule has 0 aromatic carbocycles. The van der Waals surface area contributed by atoms with Gasteiger partial charge in [-0.05, 0) is 20.0 Å². The highest BCUT2D eigenvalue weighted by Gasteiger charge is 2.18. The topological polar surface area (TPSA) is 52.6 Å². The summed E-state index contributed by atoms with van der Waals surface area (Å²) in [7, 11) is 2.04. The highest BCUT2D eigenvalue weighted by atomic mass is 16.4. The molecule has 0 bridgehead atoms. The molecule has 64 valence electrons. The van der Waals surface area contributed by atoms with Crippen LogP contribution in [-0.2, 0) is 4.79 Å². The molecule has 0 radical (unpaired) electrons. The molecule has 1 heterocycles. The second-order valence-corrected chi connectivity index (χ2v) is 3.02. The number of likely N-dealkylation sites (N-methyl/N-ethyl adjacent to an activating group) is 1. The lowest BCUT2D eigenvalue weighted by atomic mass is 10.3. The molecular weight excluding hydrogens is 144 g/mol. The predicted octanol–water partition coefficient (Wildman–Crippen LogP) is -0.635. The van der Waals surface area contributed by atoms with E-state index in [1.807, 2.05) is 7.05 Å². The van der Waals surface area contributed by atoms with Crippen molar-refractivity contribution in [3.63, 3.8) is 0 Å². The van der Waals surface area contributed by atoms with Gasteiger partial charge < -0.3 is 15.3 Å². The lowest BCUT2D eigenvalue weighted by Crippen LogP contribution is -2.35. The van der Waals surface area contributed by atoms with E-state index in [-0.39, 0.29) is 6.54 Å². The maximum absolute atomic E-state index is 10.2. The highest BCUT2D eigenvalue weighted by molar-refractivity contribution is 5.69. The Balaban J connectivity index is 2.13. The number of aliphatic carboxylic acids is 1. The van der Waals surface area contributed by atoms with Crippen molar-refractivity contribution in [2.24, 2.45) is 0 Å². The fourth-order valence-electron chi connectivity index (χ4n) is 1.33. The van der Waals surface area contributed by atoms with Crippen LogP contribution < -0.4 is 5.32 Å². The van der Waals surface area contributed by atoms with Gasteiger partial charge in [0.05, 0.1) is 6.54 Å². The van der Waals surface area contributed by atoms with Crippen LogP contribution in [0.1, 0.15) is 6.42 Å². The molecule has 0 spiro atoms. The number of nitrogens with zero attached hydrogens (tertiary/aromatic N) is 1. The van der Waals surface area contributed by atoms with E-state index in [2.05, 4.69) is 10.2 Å². The third-order valence-corrected chi connectivity index (χ3v) is 1.93. The number of nitrogens with one attached hydrogen (secondary N) is 1. The fourth-order valence-corrected chi connectivity index (χ4v) is 1.33. The zero-order chi connectivity index (χ0) is 8.27. The Morgan fingerprint density at radius 1 is 1.82 bits per heavy atom. The van der Waals surface area contributed by atoms with Crippen LogP contribution in [0.5, 0.6) is 0 Å². The molecule has 0 saturated carbocycles. The van der Waals surface area contributed by atoms with Gasteiger partial charge in [-0.1, -0.05) is 0 Å². The molecule has 11 heavy (non-hydrogen) atoms. The minimum atomic E-state index is -0.778. The molecule has 2 N–H and O–H groups in total. The molecule has 4 heteroatoms. The van der Waals surface area contributed by atoms with E-state index < -0.39 is 5.97 Å². The Kier molecular flexibility index (Phi) is 2.84. The van der Waals surface area contributed by atoms with Gasteiger partial charge in [-0.15, -0.1) is 0 Å². The molecular formula is C7H14N2O2. The van der Waals surface area contributed by atoms with Crippen LogP contribution in [0, 0.1) is 0 Å². The van der Waals surface area contributed by atoms with E-state index in [1.165, 1.54) is 0 Å². The van der Waals surface area contributed by atoms with Crippen molar-refractivity contribution >= 4 is 5.97 Å². The minimum Gasteiger partial charge on any atom is -0.480 e.